The van der Waals surface area contributed by atoms with E-state index < -0.39 is 0 Å². The van der Waals surface area contributed by atoms with Crippen LogP contribution in [0, 0.1) is 0 Å². The Morgan fingerprint density at radius 2 is 1.88 bits per heavy atom. The number of benzene rings is 1. The summed E-state index contributed by atoms with van der Waals surface area (Å²) in [6, 6.07) is 7.34. The molecule has 0 radical (unpaired) electrons. The standard InChI is InChI=1S/C13H17NO3/c1-14(2)9-11(13(15)17-4)10-7-5-6-8-12(10)16-3/h5-9H,1-4H3/b11-9-. The van der Waals surface area contributed by atoms with Crippen molar-refractivity contribution in [2.45, 2.75) is 0 Å². The first-order valence-electron chi connectivity index (χ1n) is 5.20. The van der Waals surface area contributed by atoms with Gasteiger partial charge in [0.1, 0.15) is 5.75 Å². The van der Waals surface area contributed by atoms with Gasteiger partial charge in [-0.15, -0.1) is 0 Å². The highest BCUT2D eigenvalue weighted by atomic mass is 16.5. The summed E-state index contributed by atoms with van der Waals surface area (Å²) in [6.07, 6.45) is 1.71. The van der Waals surface area contributed by atoms with E-state index in [1.165, 1.54) is 7.11 Å². The van der Waals surface area contributed by atoms with Crippen LogP contribution in [0.25, 0.3) is 5.57 Å². The second-order valence-electron chi connectivity index (χ2n) is 3.70. The molecule has 0 atom stereocenters. The van der Waals surface area contributed by atoms with E-state index in [1.54, 1.807) is 18.2 Å². The fourth-order valence-corrected chi connectivity index (χ4v) is 1.47. The Morgan fingerprint density at radius 1 is 1.24 bits per heavy atom. The third-order valence-electron chi connectivity index (χ3n) is 2.19. The van der Waals surface area contributed by atoms with Gasteiger partial charge in [-0.05, 0) is 6.07 Å². The van der Waals surface area contributed by atoms with Crippen LogP contribution in [0.3, 0.4) is 0 Å². The molecule has 0 saturated heterocycles. The highest BCUT2D eigenvalue weighted by molar-refractivity contribution is 6.17. The molecule has 17 heavy (non-hydrogen) atoms. The minimum atomic E-state index is -0.386. The van der Waals surface area contributed by atoms with Gasteiger partial charge in [-0.1, -0.05) is 18.2 Å². The Bertz CT molecular complexity index is 424. The number of methoxy groups -OCH3 is 2. The first-order valence-corrected chi connectivity index (χ1v) is 5.20. The zero-order valence-electron chi connectivity index (χ0n) is 10.6. The second kappa shape index (κ2) is 5.94. The number of para-hydroxylation sites is 1. The number of hydrogen-bond acceptors (Lipinski definition) is 4. The van der Waals surface area contributed by atoms with Crippen molar-refractivity contribution in [1.82, 2.24) is 4.90 Å². The van der Waals surface area contributed by atoms with Crippen LogP contribution in [0.1, 0.15) is 5.56 Å². The summed E-state index contributed by atoms with van der Waals surface area (Å²) in [5.41, 5.74) is 1.19. The van der Waals surface area contributed by atoms with Crippen LogP contribution < -0.4 is 4.74 Å². The van der Waals surface area contributed by atoms with Crippen molar-refractivity contribution in [2.75, 3.05) is 28.3 Å². The number of carbonyl (C=O) groups is 1. The van der Waals surface area contributed by atoms with Crippen molar-refractivity contribution in [3.8, 4) is 5.75 Å². The van der Waals surface area contributed by atoms with Crippen LogP contribution in [-0.2, 0) is 9.53 Å². The highest BCUT2D eigenvalue weighted by Crippen LogP contribution is 2.26. The number of carbonyl (C=O) groups excluding carboxylic acids is 1. The van der Waals surface area contributed by atoms with Gasteiger partial charge < -0.3 is 14.4 Å². The summed E-state index contributed by atoms with van der Waals surface area (Å²) in [5.74, 6) is 0.259. The molecule has 0 saturated carbocycles. The molecule has 0 aliphatic carbocycles. The van der Waals surface area contributed by atoms with E-state index in [1.807, 2.05) is 38.4 Å². The Labute approximate surface area is 101 Å². The minimum Gasteiger partial charge on any atom is -0.496 e. The first-order chi connectivity index (χ1) is 8.10. The molecule has 1 aromatic carbocycles. The summed E-state index contributed by atoms with van der Waals surface area (Å²) < 4.78 is 10.0. The fraction of sp³-hybridized carbons (Fsp3) is 0.308. The maximum absolute atomic E-state index is 11.7. The summed E-state index contributed by atoms with van der Waals surface area (Å²) in [6.45, 7) is 0. The Hall–Kier alpha value is -1.97. The summed E-state index contributed by atoms with van der Waals surface area (Å²) >= 11 is 0. The van der Waals surface area contributed by atoms with Gasteiger partial charge in [-0.2, -0.15) is 0 Å². The largest absolute Gasteiger partial charge is 0.496 e. The fourth-order valence-electron chi connectivity index (χ4n) is 1.47. The van der Waals surface area contributed by atoms with E-state index in [0.29, 0.717) is 11.3 Å². The van der Waals surface area contributed by atoms with Crippen LogP contribution in [0.2, 0.25) is 0 Å². The third kappa shape index (κ3) is 3.24. The van der Waals surface area contributed by atoms with Gasteiger partial charge >= 0.3 is 5.97 Å². The zero-order valence-corrected chi connectivity index (χ0v) is 10.6. The maximum atomic E-state index is 11.7. The highest BCUT2D eigenvalue weighted by Gasteiger charge is 2.16. The van der Waals surface area contributed by atoms with Gasteiger partial charge in [-0.3, -0.25) is 0 Å². The average Bonchev–Trinajstić information content (AvgIpc) is 2.34. The number of rotatable bonds is 4. The van der Waals surface area contributed by atoms with Gasteiger partial charge in [0.05, 0.1) is 19.8 Å². The molecule has 0 spiro atoms. The molecular formula is C13H17NO3. The molecule has 4 heteroatoms. The van der Waals surface area contributed by atoms with E-state index in [9.17, 15) is 4.79 Å². The normalized spacial score (nSPS) is 10.9. The van der Waals surface area contributed by atoms with Crippen LogP contribution in [0.5, 0.6) is 5.75 Å². The lowest BCUT2D eigenvalue weighted by molar-refractivity contribution is -0.133. The van der Waals surface area contributed by atoms with E-state index in [-0.39, 0.29) is 5.97 Å². The van der Waals surface area contributed by atoms with Crippen molar-refractivity contribution in [3.63, 3.8) is 0 Å². The van der Waals surface area contributed by atoms with Gasteiger partial charge in [-0.25, -0.2) is 4.79 Å². The Balaban J connectivity index is 3.27. The average molecular weight is 235 g/mol. The third-order valence-corrected chi connectivity index (χ3v) is 2.19. The van der Waals surface area contributed by atoms with Crippen molar-refractivity contribution in [3.05, 3.63) is 36.0 Å². The van der Waals surface area contributed by atoms with E-state index in [2.05, 4.69) is 0 Å². The molecule has 0 fully saturated rings. The monoisotopic (exact) mass is 235 g/mol. The van der Waals surface area contributed by atoms with Gasteiger partial charge in [0.2, 0.25) is 0 Å². The van der Waals surface area contributed by atoms with Crippen molar-refractivity contribution < 1.29 is 14.3 Å². The summed E-state index contributed by atoms with van der Waals surface area (Å²) in [5, 5.41) is 0. The topological polar surface area (TPSA) is 38.8 Å². The molecule has 0 aliphatic heterocycles. The van der Waals surface area contributed by atoms with Crippen molar-refractivity contribution >= 4 is 11.5 Å². The molecule has 4 nitrogen and oxygen atoms in total. The molecule has 1 rings (SSSR count). The molecule has 0 unspecified atom stereocenters. The molecule has 0 heterocycles. The van der Waals surface area contributed by atoms with Crippen molar-refractivity contribution in [1.29, 1.82) is 0 Å². The Morgan fingerprint density at radius 3 is 2.41 bits per heavy atom. The van der Waals surface area contributed by atoms with Gasteiger partial charge in [0.15, 0.2) is 0 Å². The quantitative estimate of drug-likeness (QED) is 0.589. The zero-order chi connectivity index (χ0) is 12.8. The molecular weight excluding hydrogens is 218 g/mol. The first kappa shape index (κ1) is 13.1. The molecule has 0 amide bonds. The predicted molar refractivity (Wildman–Crippen MR) is 66.7 cm³/mol. The lowest BCUT2D eigenvalue weighted by atomic mass is 10.1. The molecule has 92 valence electrons. The van der Waals surface area contributed by atoms with Crippen LogP contribution in [0.4, 0.5) is 0 Å². The van der Waals surface area contributed by atoms with E-state index in [4.69, 9.17) is 9.47 Å². The lowest BCUT2D eigenvalue weighted by Gasteiger charge is -2.13. The Kier molecular flexibility index (Phi) is 4.57. The van der Waals surface area contributed by atoms with E-state index in [0.717, 1.165) is 5.56 Å². The molecule has 0 bridgehead atoms. The maximum Gasteiger partial charge on any atom is 0.340 e. The second-order valence-corrected chi connectivity index (χ2v) is 3.70. The number of ether oxygens (including phenoxy) is 2. The van der Waals surface area contributed by atoms with E-state index >= 15 is 0 Å². The van der Waals surface area contributed by atoms with Crippen LogP contribution >= 0.6 is 0 Å². The number of esters is 1. The predicted octanol–water partition coefficient (Wildman–Crippen LogP) is 1.77. The molecule has 0 aliphatic rings. The molecule has 1 aromatic rings. The van der Waals surface area contributed by atoms with Gasteiger partial charge in [0.25, 0.3) is 0 Å². The molecule has 0 N–H and O–H groups in total. The lowest BCUT2D eigenvalue weighted by Crippen LogP contribution is -2.10. The van der Waals surface area contributed by atoms with Crippen molar-refractivity contribution in [2.24, 2.45) is 0 Å². The summed E-state index contributed by atoms with van der Waals surface area (Å²) in [4.78, 5) is 13.5. The van der Waals surface area contributed by atoms with Gasteiger partial charge in [0, 0.05) is 25.9 Å². The number of nitrogens with zero attached hydrogens (tertiary/aromatic N) is 1. The summed E-state index contributed by atoms with van der Waals surface area (Å²) in [7, 11) is 6.63. The smallest absolute Gasteiger partial charge is 0.340 e. The van der Waals surface area contributed by atoms with Crippen LogP contribution in [0.15, 0.2) is 30.5 Å². The molecule has 0 aromatic heterocycles. The number of hydrogen-bond donors (Lipinski definition) is 0. The van der Waals surface area contributed by atoms with Crippen LogP contribution in [-0.4, -0.2) is 39.2 Å². The minimum absolute atomic E-state index is 0.386. The SMILES string of the molecule is COC(=O)/C(=C\N(C)C)c1ccccc1OC.